The van der Waals surface area contributed by atoms with Crippen LogP contribution in [0.5, 0.6) is 11.5 Å². The first-order valence-corrected chi connectivity index (χ1v) is 8.25. The van der Waals surface area contributed by atoms with Crippen molar-refractivity contribution in [3.63, 3.8) is 0 Å². The van der Waals surface area contributed by atoms with Crippen molar-refractivity contribution in [1.29, 1.82) is 0 Å². The number of hydrogen-bond donors (Lipinski definition) is 0. The predicted octanol–water partition coefficient (Wildman–Crippen LogP) is 3.98. The van der Waals surface area contributed by atoms with E-state index in [-0.39, 0.29) is 0 Å². The molecule has 0 atom stereocenters. The Morgan fingerprint density at radius 3 is 1.76 bits per heavy atom. The van der Waals surface area contributed by atoms with Gasteiger partial charge in [0.05, 0.1) is 14.2 Å². The number of aryl methyl sites for hydroxylation is 1. The van der Waals surface area contributed by atoms with Crippen LogP contribution in [0.25, 0.3) is 0 Å². The Balaban J connectivity index is 1.70. The van der Waals surface area contributed by atoms with E-state index < -0.39 is 0 Å². The first-order valence-electron chi connectivity index (χ1n) is 8.25. The fraction of sp³-hybridized carbons (Fsp3) is 0.238. The average Bonchev–Trinajstić information content (AvgIpc) is 2.65. The lowest BCUT2D eigenvalue weighted by Gasteiger charge is -2.08. The third-order valence-electron chi connectivity index (χ3n) is 4.21. The smallest absolute Gasteiger partial charge is 0.132 e. The number of rotatable bonds is 6. The van der Waals surface area contributed by atoms with E-state index in [1.54, 1.807) is 14.2 Å². The van der Waals surface area contributed by atoms with Crippen LogP contribution in [-0.2, 0) is 12.8 Å². The molecular formula is C21H22N2O2. The van der Waals surface area contributed by atoms with Crippen LogP contribution in [0.15, 0.2) is 54.7 Å². The molecule has 3 aromatic rings. The van der Waals surface area contributed by atoms with Gasteiger partial charge in [-0.05, 0) is 47.9 Å². The second-order valence-corrected chi connectivity index (χ2v) is 5.95. The molecule has 0 aliphatic carbocycles. The number of hydrogen-bond acceptors (Lipinski definition) is 4. The lowest BCUT2D eigenvalue weighted by Crippen LogP contribution is -2.03. The Hall–Kier alpha value is -2.88. The van der Waals surface area contributed by atoms with Gasteiger partial charge in [-0.25, -0.2) is 9.97 Å². The summed E-state index contributed by atoms with van der Waals surface area (Å²) in [5, 5.41) is 0. The second kappa shape index (κ2) is 7.79. The third-order valence-corrected chi connectivity index (χ3v) is 4.21. The average molecular weight is 334 g/mol. The van der Waals surface area contributed by atoms with Crippen molar-refractivity contribution >= 4 is 0 Å². The quantitative estimate of drug-likeness (QED) is 0.684. The van der Waals surface area contributed by atoms with Gasteiger partial charge in [-0.15, -0.1) is 0 Å². The zero-order valence-electron chi connectivity index (χ0n) is 14.8. The molecule has 4 nitrogen and oxygen atoms in total. The summed E-state index contributed by atoms with van der Waals surface area (Å²) in [6.45, 7) is 2.04. The number of benzene rings is 2. The first-order chi connectivity index (χ1) is 12.2. The van der Waals surface area contributed by atoms with Crippen LogP contribution >= 0.6 is 0 Å². The van der Waals surface area contributed by atoms with Gasteiger partial charge in [0.1, 0.15) is 17.3 Å². The molecule has 0 fully saturated rings. The Bertz CT molecular complexity index is 828. The maximum absolute atomic E-state index is 5.20. The zero-order valence-corrected chi connectivity index (χ0v) is 14.8. The lowest BCUT2D eigenvalue weighted by atomic mass is 10.0. The summed E-state index contributed by atoms with van der Waals surface area (Å²) in [5.41, 5.74) is 4.55. The lowest BCUT2D eigenvalue weighted by molar-refractivity contribution is 0.414. The number of methoxy groups -OCH3 is 2. The van der Waals surface area contributed by atoms with E-state index in [4.69, 9.17) is 9.47 Å². The second-order valence-electron chi connectivity index (χ2n) is 5.95. The predicted molar refractivity (Wildman–Crippen MR) is 98.4 cm³/mol. The molecule has 1 heterocycles. The highest BCUT2D eigenvalue weighted by atomic mass is 16.5. The zero-order chi connectivity index (χ0) is 17.6. The van der Waals surface area contributed by atoms with E-state index in [0.717, 1.165) is 35.0 Å². The number of ether oxygens (including phenoxy) is 2. The fourth-order valence-corrected chi connectivity index (χ4v) is 2.69. The normalized spacial score (nSPS) is 10.5. The summed E-state index contributed by atoms with van der Waals surface area (Å²) >= 11 is 0. The van der Waals surface area contributed by atoms with Gasteiger partial charge in [-0.2, -0.15) is 0 Å². The molecule has 25 heavy (non-hydrogen) atoms. The maximum atomic E-state index is 5.20. The molecule has 0 aliphatic rings. The molecule has 0 aliphatic heterocycles. The number of nitrogens with zero attached hydrogens (tertiary/aromatic N) is 2. The Labute approximate surface area is 148 Å². The molecule has 0 bridgehead atoms. The largest absolute Gasteiger partial charge is 0.497 e. The molecule has 0 unspecified atom stereocenters. The first kappa shape index (κ1) is 17.0. The van der Waals surface area contributed by atoms with Crippen LogP contribution in [0, 0.1) is 6.92 Å². The third kappa shape index (κ3) is 4.35. The van der Waals surface area contributed by atoms with E-state index in [0.29, 0.717) is 6.42 Å². The molecule has 4 heteroatoms. The molecule has 0 amide bonds. The van der Waals surface area contributed by atoms with Gasteiger partial charge < -0.3 is 9.47 Å². The molecule has 128 valence electrons. The fourth-order valence-electron chi connectivity index (χ4n) is 2.69. The van der Waals surface area contributed by atoms with Crippen molar-refractivity contribution in [2.75, 3.05) is 14.2 Å². The summed E-state index contributed by atoms with van der Waals surface area (Å²) in [5.74, 6) is 2.56. The van der Waals surface area contributed by atoms with Crippen LogP contribution in [0.3, 0.4) is 0 Å². The minimum Gasteiger partial charge on any atom is -0.497 e. The van der Waals surface area contributed by atoms with Gasteiger partial charge in [0.2, 0.25) is 0 Å². The van der Waals surface area contributed by atoms with Gasteiger partial charge in [0.15, 0.2) is 0 Å². The highest BCUT2D eigenvalue weighted by Crippen LogP contribution is 2.17. The van der Waals surface area contributed by atoms with Crippen molar-refractivity contribution < 1.29 is 9.47 Å². The summed E-state index contributed by atoms with van der Waals surface area (Å²) < 4.78 is 10.4. The van der Waals surface area contributed by atoms with Gasteiger partial charge in [0.25, 0.3) is 0 Å². The number of aromatic nitrogens is 2. The van der Waals surface area contributed by atoms with E-state index in [1.807, 2.05) is 49.5 Å². The van der Waals surface area contributed by atoms with Crippen LogP contribution in [0.4, 0.5) is 0 Å². The molecule has 3 rings (SSSR count). The monoisotopic (exact) mass is 334 g/mol. The van der Waals surface area contributed by atoms with Crippen LogP contribution in [0.2, 0.25) is 0 Å². The molecular weight excluding hydrogens is 312 g/mol. The Morgan fingerprint density at radius 1 is 0.760 bits per heavy atom. The summed E-state index contributed by atoms with van der Waals surface area (Å²) in [6, 6.07) is 16.1. The molecule has 0 saturated carbocycles. The van der Waals surface area contributed by atoms with Gasteiger partial charge in [-0.3, -0.25) is 0 Å². The highest BCUT2D eigenvalue weighted by molar-refractivity contribution is 5.33. The molecule has 0 saturated heterocycles. The van der Waals surface area contributed by atoms with E-state index in [9.17, 15) is 0 Å². The van der Waals surface area contributed by atoms with Gasteiger partial charge in [-0.1, -0.05) is 24.3 Å². The van der Waals surface area contributed by atoms with Crippen molar-refractivity contribution in [3.8, 4) is 11.5 Å². The summed E-state index contributed by atoms with van der Waals surface area (Å²) in [7, 11) is 3.34. The van der Waals surface area contributed by atoms with E-state index >= 15 is 0 Å². The van der Waals surface area contributed by atoms with Crippen LogP contribution < -0.4 is 9.47 Å². The van der Waals surface area contributed by atoms with Gasteiger partial charge >= 0.3 is 0 Å². The Kier molecular flexibility index (Phi) is 5.29. The molecule has 1 aromatic heterocycles. The Morgan fingerprint density at radius 2 is 1.28 bits per heavy atom. The maximum Gasteiger partial charge on any atom is 0.132 e. The minimum absolute atomic E-state index is 0.716. The topological polar surface area (TPSA) is 44.2 Å². The van der Waals surface area contributed by atoms with Crippen molar-refractivity contribution in [2.45, 2.75) is 19.8 Å². The van der Waals surface area contributed by atoms with Crippen molar-refractivity contribution in [2.24, 2.45) is 0 Å². The summed E-state index contributed by atoms with van der Waals surface area (Å²) in [4.78, 5) is 9.21. The summed E-state index contributed by atoms with van der Waals surface area (Å²) in [6.07, 6.45) is 3.47. The molecule has 2 aromatic carbocycles. The highest BCUT2D eigenvalue weighted by Gasteiger charge is 2.06. The van der Waals surface area contributed by atoms with E-state index in [2.05, 4.69) is 22.1 Å². The standard InChI is InChI=1S/C21H22N2O2/c1-15-18(12-16-4-8-19(24-2)9-5-16)14-22-21(23-15)13-17-6-10-20(25-3)11-7-17/h4-11,14H,12-13H2,1-3H3. The molecule has 0 N–H and O–H groups in total. The van der Waals surface area contributed by atoms with Crippen LogP contribution in [-0.4, -0.2) is 24.2 Å². The van der Waals surface area contributed by atoms with E-state index in [1.165, 1.54) is 11.1 Å². The SMILES string of the molecule is COc1ccc(Cc2ncc(Cc3ccc(OC)cc3)c(C)n2)cc1. The van der Waals surface area contributed by atoms with Crippen molar-refractivity contribution in [3.05, 3.63) is 82.9 Å². The van der Waals surface area contributed by atoms with Crippen LogP contribution in [0.1, 0.15) is 28.2 Å². The minimum atomic E-state index is 0.716. The molecule has 0 spiro atoms. The van der Waals surface area contributed by atoms with Gasteiger partial charge in [0, 0.05) is 24.7 Å². The molecule has 0 radical (unpaired) electrons. The van der Waals surface area contributed by atoms with Crippen molar-refractivity contribution in [1.82, 2.24) is 9.97 Å².